The fraction of sp³-hybridized carbons (Fsp3) is 0.412. The minimum Gasteiger partial charge on any atom is -0.377 e. The number of fused-ring (bicyclic) bond motifs is 1. The predicted octanol–water partition coefficient (Wildman–Crippen LogP) is 2.78. The molecule has 0 amide bonds. The van der Waals surface area contributed by atoms with Crippen molar-refractivity contribution in [1.29, 1.82) is 0 Å². The Morgan fingerprint density at radius 2 is 1.91 bits per heavy atom. The summed E-state index contributed by atoms with van der Waals surface area (Å²) in [5.74, 6) is 0. The Hall–Kier alpha value is -1.43. The summed E-state index contributed by atoms with van der Waals surface area (Å²) in [6.45, 7) is 2.74. The molecular weight excluding hydrogens is 298 g/mol. The Balaban J connectivity index is 1.88. The van der Waals surface area contributed by atoms with Gasteiger partial charge in [0.15, 0.2) is 0 Å². The summed E-state index contributed by atoms with van der Waals surface area (Å²) in [5.41, 5.74) is 1.02. The van der Waals surface area contributed by atoms with Crippen LogP contribution >= 0.6 is 0 Å². The fourth-order valence-electron chi connectivity index (χ4n) is 3.09. The molecule has 5 heteroatoms. The number of hydrogen-bond donors (Lipinski definition) is 0. The van der Waals surface area contributed by atoms with E-state index in [1.807, 2.05) is 49.4 Å². The zero-order valence-corrected chi connectivity index (χ0v) is 13.7. The third kappa shape index (κ3) is 2.76. The van der Waals surface area contributed by atoms with Crippen molar-refractivity contribution in [3.8, 4) is 0 Å². The summed E-state index contributed by atoms with van der Waals surface area (Å²) < 4.78 is 32.3. The van der Waals surface area contributed by atoms with Gasteiger partial charge in [0.05, 0.1) is 6.10 Å². The largest absolute Gasteiger partial charge is 0.377 e. The van der Waals surface area contributed by atoms with Crippen LogP contribution in [0.2, 0.25) is 0 Å². The maximum Gasteiger partial charge on any atom is 0.219 e. The van der Waals surface area contributed by atoms with Gasteiger partial charge >= 0.3 is 0 Å². The number of benzene rings is 2. The normalized spacial score (nSPS) is 22.5. The second-order valence-electron chi connectivity index (χ2n) is 5.84. The van der Waals surface area contributed by atoms with Gasteiger partial charge in [-0.15, -0.1) is 0 Å². The number of sulfonamides is 1. The van der Waals surface area contributed by atoms with Crippen LogP contribution in [0.3, 0.4) is 0 Å². The topological polar surface area (TPSA) is 46.6 Å². The molecule has 0 bridgehead atoms. The van der Waals surface area contributed by atoms with E-state index in [1.165, 1.54) is 4.31 Å². The molecule has 1 aliphatic heterocycles. The van der Waals surface area contributed by atoms with E-state index in [0.717, 1.165) is 16.3 Å². The second-order valence-corrected chi connectivity index (χ2v) is 8.10. The van der Waals surface area contributed by atoms with Crippen molar-refractivity contribution in [2.24, 2.45) is 0 Å². The monoisotopic (exact) mass is 319 g/mol. The molecule has 4 nitrogen and oxygen atoms in total. The smallest absolute Gasteiger partial charge is 0.219 e. The Bertz CT molecular complexity index is 767. The first-order chi connectivity index (χ1) is 10.5. The minimum absolute atomic E-state index is 0.236. The maximum atomic E-state index is 12.7. The number of rotatable bonds is 4. The number of nitrogens with zero attached hydrogens (tertiary/aromatic N) is 1. The average Bonchev–Trinajstić information content (AvgIpc) is 2.94. The molecule has 22 heavy (non-hydrogen) atoms. The molecule has 118 valence electrons. The molecule has 2 atom stereocenters. The van der Waals surface area contributed by atoms with Crippen molar-refractivity contribution < 1.29 is 13.2 Å². The standard InChI is InChI=1S/C17H21NO3S/c1-13-17(10-11-21-13)22(19,20)18(2)12-15-8-5-7-14-6-3-4-9-16(14)15/h3-9,13,17H,10-12H2,1-2H3/t13-,17-/m0/s1. The Morgan fingerprint density at radius 1 is 1.18 bits per heavy atom. The van der Waals surface area contributed by atoms with Crippen LogP contribution in [-0.4, -0.2) is 37.7 Å². The molecule has 1 heterocycles. The van der Waals surface area contributed by atoms with Crippen molar-refractivity contribution in [3.63, 3.8) is 0 Å². The van der Waals surface area contributed by atoms with E-state index in [-0.39, 0.29) is 6.10 Å². The van der Waals surface area contributed by atoms with Crippen molar-refractivity contribution in [3.05, 3.63) is 48.0 Å². The molecule has 2 aromatic rings. The maximum absolute atomic E-state index is 12.7. The lowest BCUT2D eigenvalue weighted by molar-refractivity contribution is 0.125. The highest BCUT2D eigenvalue weighted by atomic mass is 32.2. The van der Waals surface area contributed by atoms with Crippen molar-refractivity contribution in [2.45, 2.75) is 31.2 Å². The quantitative estimate of drug-likeness (QED) is 0.870. The molecule has 0 N–H and O–H groups in total. The first kappa shape index (κ1) is 15.5. The van der Waals surface area contributed by atoms with E-state index in [0.29, 0.717) is 19.6 Å². The highest BCUT2D eigenvalue weighted by Crippen LogP contribution is 2.26. The lowest BCUT2D eigenvalue weighted by Crippen LogP contribution is -2.39. The van der Waals surface area contributed by atoms with Crippen LogP contribution in [0, 0.1) is 0 Å². The number of ether oxygens (including phenoxy) is 1. The number of hydrogen-bond acceptors (Lipinski definition) is 3. The Morgan fingerprint density at radius 3 is 2.64 bits per heavy atom. The Kier molecular flexibility index (Phi) is 4.21. The van der Waals surface area contributed by atoms with E-state index in [2.05, 4.69) is 0 Å². The van der Waals surface area contributed by atoms with Gasteiger partial charge in [-0.05, 0) is 29.7 Å². The molecule has 0 aliphatic carbocycles. The van der Waals surface area contributed by atoms with Gasteiger partial charge in [0, 0.05) is 20.2 Å². The van der Waals surface area contributed by atoms with E-state index < -0.39 is 15.3 Å². The van der Waals surface area contributed by atoms with Crippen LogP contribution in [0.4, 0.5) is 0 Å². The lowest BCUT2D eigenvalue weighted by Gasteiger charge is -2.23. The Labute approximate surface area is 131 Å². The lowest BCUT2D eigenvalue weighted by atomic mass is 10.0. The third-order valence-corrected chi connectivity index (χ3v) is 6.78. The van der Waals surface area contributed by atoms with Crippen LogP contribution in [0.25, 0.3) is 10.8 Å². The van der Waals surface area contributed by atoms with E-state index in [1.54, 1.807) is 7.05 Å². The summed E-state index contributed by atoms with van der Waals surface area (Å²) >= 11 is 0. The molecular formula is C17H21NO3S. The second kappa shape index (κ2) is 5.99. The first-order valence-electron chi connectivity index (χ1n) is 7.53. The van der Waals surface area contributed by atoms with Gasteiger partial charge in [0.1, 0.15) is 5.25 Å². The SMILES string of the molecule is C[C@@H]1OCC[C@@H]1S(=O)(=O)N(C)Cc1cccc2ccccc12. The summed E-state index contributed by atoms with van der Waals surface area (Å²) in [6.07, 6.45) is 0.337. The molecule has 0 aromatic heterocycles. The highest BCUT2D eigenvalue weighted by Gasteiger charge is 2.38. The van der Waals surface area contributed by atoms with Gasteiger partial charge in [-0.25, -0.2) is 12.7 Å². The third-order valence-electron chi connectivity index (χ3n) is 4.40. The van der Waals surface area contributed by atoms with Crippen molar-refractivity contribution in [1.82, 2.24) is 4.31 Å². The molecule has 0 spiro atoms. The van der Waals surface area contributed by atoms with Crippen LogP contribution in [0.15, 0.2) is 42.5 Å². The molecule has 0 unspecified atom stereocenters. The highest BCUT2D eigenvalue weighted by molar-refractivity contribution is 7.89. The molecule has 1 fully saturated rings. The van der Waals surface area contributed by atoms with Crippen molar-refractivity contribution >= 4 is 20.8 Å². The molecule has 2 aromatic carbocycles. The van der Waals surface area contributed by atoms with Gasteiger partial charge in [-0.1, -0.05) is 42.5 Å². The molecule has 3 rings (SSSR count). The first-order valence-corrected chi connectivity index (χ1v) is 9.04. The molecule has 0 saturated carbocycles. The molecule has 1 saturated heterocycles. The molecule has 1 aliphatic rings. The van der Waals surface area contributed by atoms with Gasteiger partial charge < -0.3 is 4.74 Å². The van der Waals surface area contributed by atoms with Crippen molar-refractivity contribution in [2.75, 3.05) is 13.7 Å². The summed E-state index contributed by atoms with van der Waals surface area (Å²) in [5, 5.41) is 1.79. The van der Waals surface area contributed by atoms with Gasteiger partial charge in [0.2, 0.25) is 10.0 Å². The fourth-order valence-corrected chi connectivity index (χ4v) is 4.83. The van der Waals surface area contributed by atoms with E-state index in [4.69, 9.17) is 4.74 Å². The zero-order valence-electron chi connectivity index (χ0n) is 12.9. The average molecular weight is 319 g/mol. The van der Waals surface area contributed by atoms with E-state index in [9.17, 15) is 8.42 Å². The van der Waals surface area contributed by atoms with Crippen LogP contribution < -0.4 is 0 Å². The van der Waals surface area contributed by atoms with Gasteiger partial charge in [-0.3, -0.25) is 0 Å². The van der Waals surface area contributed by atoms with E-state index >= 15 is 0 Å². The van der Waals surface area contributed by atoms with Gasteiger partial charge in [0.25, 0.3) is 0 Å². The van der Waals surface area contributed by atoms with Crippen LogP contribution in [-0.2, 0) is 21.3 Å². The van der Waals surface area contributed by atoms with Gasteiger partial charge in [-0.2, -0.15) is 0 Å². The zero-order chi connectivity index (χ0) is 15.7. The van der Waals surface area contributed by atoms with Crippen LogP contribution in [0.5, 0.6) is 0 Å². The predicted molar refractivity (Wildman–Crippen MR) is 88.2 cm³/mol. The summed E-state index contributed by atoms with van der Waals surface area (Å²) in [4.78, 5) is 0. The van der Waals surface area contributed by atoms with Crippen LogP contribution in [0.1, 0.15) is 18.9 Å². The summed E-state index contributed by atoms with van der Waals surface area (Å²) in [7, 11) is -1.69. The minimum atomic E-state index is -3.35. The summed E-state index contributed by atoms with van der Waals surface area (Å²) in [6, 6.07) is 14.0. The molecule has 0 radical (unpaired) electrons.